The molecular weight excluding hydrogens is 256 g/mol. The van der Waals surface area contributed by atoms with E-state index in [1.54, 1.807) is 6.07 Å². The fourth-order valence-corrected chi connectivity index (χ4v) is 2.24. The van der Waals surface area contributed by atoms with Crippen LogP contribution in [0.3, 0.4) is 0 Å². The maximum Gasteiger partial charge on any atom is 0.251 e. The van der Waals surface area contributed by atoms with Gasteiger partial charge in [0.05, 0.1) is 12.3 Å². The first-order valence-corrected chi connectivity index (χ1v) is 7.26. The highest BCUT2D eigenvalue weighted by molar-refractivity contribution is 5.05. The lowest BCUT2D eigenvalue weighted by Crippen LogP contribution is -2.39. The van der Waals surface area contributed by atoms with E-state index in [0.717, 1.165) is 25.3 Å². The molecule has 1 aromatic heterocycles. The van der Waals surface area contributed by atoms with Gasteiger partial charge in [-0.2, -0.15) is 0 Å². The van der Waals surface area contributed by atoms with Gasteiger partial charge >= 0.3 is 0 Å². The highest BCUT2D eigenvalue weighted by Crippen LogP contribution is 2.18. The SMILES string of the molecule is CCN1CCOC(c2nc(CNC(C)C)cc(=O)[nH]2)C1. The zero-order valence-electron chi connectivity index (χ0n) is 12.5. The molecule has 2 N–H and O–H groups in total. The fourth-order valence-electron chi connectivity index (χ4n) is 2.24. The number of aromatic amines is 1. The summed E-state index contributed by atoms with van der Waals surface area (Å²) >= 11 is 0. The van der Waals surface area contributed by atoms with Crippen molar-refractivity contribution in [3.63, 3.8) is 0 Å². The van der Waals surface area contributed by atoms with Crippen LogP contribution in [0.15, 0.2) is 10.9 Å². The molecular formula is C14H24N4O2. The molecule has 0 radical (unpaired) electrons. The molecule has 0 bridgehead atoms. The molecule has 0 amide bonds. The topological polar surface area (TPSA) is 70.2 Å². The third-order valence-corrected chi connectivity index (χ3v) is 3.41. The highest BCUT2D eigenvalue weighted by Gasteiger charge is 2.23. The van der Waals surface area contributed by atoms with Crippen molar-refractivity contribution in [3.05, 3.63) is 27.9 Å². The minimum absolute atomic E-state index is 0.118. The first-order valence-electron chi connectivity index (χ1n) is 7.26. The number of hydrogen-bond acceptors (Lipinski definition) is 5. The average molecular weight is 280 g/mol. The van der Waals surface area contributed by atoms with E-state index in [2.05, 4.69) is 41.0 Å². The molecule has 1 aromatic rings. The smallest absolute Gasteiger partial charge is 0.251 e. The van der Waals surface area contributed by atoms with Gasteiger partial charge in [0.15, 0.2) is 0 Å². The van der Waals surface area contributed by atoms with Gasteiger partial charge in [0.1, 0.15) is 11.9 Å². The van der Waals surface area contributed by atoms with Crippen LogP contribution in [0.2, 0.25) is 0 Å². The quantitative estimate of drug-likeness (QED) is 0.829. The van der Waals surface area contributed by atoms with Gasteiger partial charge in [-0.05, 0) is 6.54 Å². The van der Waals surface area contributed by atoms with Crippen LogP contribution in [0.1, 0.15) is 38.4 Å². The molecule has 1 aliphatic heterocycles. The molecule has 0 aromatic carbocycles. The number of hydrogen-bond donors (Lipinski definition) is 2. The van der Waals surface area contributed by atoms with Crippen molar-refractivity contribution in [2.75, 3.05) is 26.2 Å². The van der Waals surface area contributed by atoms with Gasteiger partial charge in [0.25, 0.3) is 5.56 Å². The molecule has 1 fully saturated rings. The van der Waals surface area contributed by atoms with Crippen LogP contribution in [-0.4, -0.2) is 47.2 Å². The molecule has 1 unspecified atom stereocenters. The first kappa shape index (κ1) is 15.2. The number of ether oxygens (including phenoxy) is 1. The maximum absolute atomic E-state index is 11.8. The Bertz CT molecular complexity index is 486. The lowest BCUT2D eigenvalue weighted by molar-refractivity contribution is -0.0327. The van der Waals surface area contributed by atoms with Gasteiger partial charge < -0.3 is 15.0 Å². The van der Waals surface area contributed by atoms with E-state index in [1.807, 2.05) is 0 Å². The lowest BCUT2D eigenvalue weighted by atomic mass is 10.2. The van der Waals surface area contributed by atoms with Crippen molar-refractivity contribution in [1.82, 2.24) is 20.2 Å². The van der Waals surface area contributed by atoms with Crippen LogP contribution in [0.5, 0.6) is 0 Å². The van der Waals surface area contributed by atoms with Crippen molar-refractivity contribution < 1.29 is 4.74 Å². The lowest BCUT2D eigenvalue weighted by Gasteiger charge is -2.31. The highest BCUT2D eigenvalue weighted by atomic mass is 16.5. The Morgan fingerprint density at radius 2 is 2.40 bits per heavy atom. The van der Waals surface area contributed by atoms with Gasteiger partial charge in [-0.3, -0.25) is 9.69 Å². The normalized spacial score (nSPS) is 20.5. The number of H-pyrrole nitrogens is 1. The summed E-state index contributed by atoms with van der Waals surface area (Å²) < 4.78 is 5.74. The van der Waals surface area contributed by atoms with Crippen LogP contribution >= 0.6 is 0 Å². The molecule has 1 saturated heterocycles. The molecule has 1 atom stereocenters. The molecule has 0 aliphatic carbocycles. The Hall–Kier alpha value is -1.24. The standard InChI is InChI=1S/C14H24N4O2/c1-4-18-5-6-20-12(9-18)14-16-11(7-13(19)17-14)8-15-10(2)3/h7,10,12,15H,4-6,8-9H2,1-3H3,(H,16,17,19). The number of nitrogens with zero attached hydrogens (tertiary/aromatic N) is 2. The number of nitrogens with one attached hydrogen (secondary N) is 2. The van der Waals surface area contributed by atoms with Crippen LogP contribution in [0.4, 0.5) is 0 Å². The molecule has 0 saturated carbocycles. The summed E-state index contributed by atoms with van der Waals surface area (Å²) in [7, 11) is 0. The Morgan fingerprint density at radius 1 is 1.60 bits per heavy atom. The zero-order valence-corrected chi connectivity index (χ0v) is 12.5. The molecule has 6 heteroatoms. The zero-order chi connectivity index (χ0) is 14.5. The van der Waals surface area contributed by atoms with Crippen LogP contribution in [0.25, 0.3) is 0 Å². The van der Waals surface area contributed by atoms with E-state index in [-0.39, 0.29) is 11.7 Å². The second-order valence-electron chi connectivity index (χ2n) is 5.41. The van der Waals surface area contributed by atoms with E-state index < -0.39 is 0 Å². The minimum Gasteiger partial charge on any atom is -0.368 e. The van der Waals surface area contributed by atoms with E-state index in [1.165, 1.54) is 0 Å². The van der Waals surface area contributed by atoms with E-state index in [9.17, 15) is 4.79 Å². The molecule has 2 rings (SSSR count). The predicted molar refractivity (Wildman–Crippen MR) is 77.6 cm³/mol. The molecule has 0 spiro atoms. The molecule has 6 nitrogen and oxygen atoms in total. The summed E-state index contributed by atoms with van der Waals surface area (Å²) in [4.78, 5) is 21.4. The van der Waals surface area contributed by atoms with Crippen molar-refractivity contribution in [2.45, 2.75) is 39.5 Å². The summed E-state index contributed by atoms with van der Waals surface area (Å²) in [6.45, 7) is 10.2. The second kappa shape index (κ2) is 6.97. The van der Waals surface area contributed by atoms with E-state index in [4.69, 9.17) is 4.74 Å². The van der Waals surface area contributed by atoms with E-state index in [0.29, 0.717) is 25.0 Å². The number of likely N-dealkylation sites (N-methyl/N-ethyl adjacent to an activating group) is 1. The first-order chi connectivity index (χ1) is 9.58. The molecule has 1 aliphatic rings. The molecule has 112 valence electrons. The second-order valence-corrected chi connectivity index (χ2v) is 5.41. The summed E-state index contributed by atoms with van der Waals surface area (Å²) in [5, 5.41) is 3.27. The van der Waals surface area contributed by atoms with Gasteiger partial charge in [-0.15, -0.1) is 0 Å². The van der Waals surface area contributed by atoms with Gasteiger partial charge in [-0.1, -0.05) is 20.8 Å². The Kier molecular flexibility index (Phi) is 5.28. The average Bonchev–Trinajstić information content (AvgIpc) is 2.44. The van der Waals surface area contributed by atoms with Crippen LogP contribution in [0, 0.1) is 0 Å². The summed E-state index contributed by atoms with van der Waals surface area (Å²) in [6, 6.07) is 1.90. The van der Waals surface area contributed by atoms with E-state index >= 15 is 0 Å². The van der Waals surface area contributed by atoms with Gasteiger partial charge in [0.2, 0.25) is 0 Å². The molecule has 2 heterocycles. The van der Waals surface area contributed by atoms with Crippen LogP contribution in [-0.2, 0) is 11.3 Å². The summed E-state index contributed by atoms with van der Waals surface area (Å²) in [5.41, 5.74) is 0.641. The van der Waals surface area contributed by atoms with Gasteiger partial charge in [-0.25, -0.2) is 4.98 Å². The Labute approximate surface area is 119 Å². The fraction of sp³-hybridized carbons (Fsp3) is 0.714. The number of morpholine rings is 1. The third kappa shape index (κ3) is 4.13. The number of rotatable bonds is 5. The summed E-state index contributed by atoms with van der Waals surface area (Å²) in [5.74, 6) is 0.635. The number of aromatic nitrogens is 2. The molecule has 20 heavy (non-hydrogen) atoms. The predicted octanol–water partition coefficient (Wildman–Crippen LogP) is 0.661. The maximum atomic E-state index is 11.8. The Morgan fingerprint density at radius 3 is 3.10 bits per heavy atom. The van der Waals surface area contributed by atoms with Gasteiger partial charge in [0, 0.05) is 31.7 Å². The third-order valence-electron chi connectivity index (χ3n) is 3.41. The van der Waals surface area contributed by atoms with Crippen molar-refractivity contribution in [3.8, 4) is 0 Å². The largest absolute Gasteiger partial charge is 0.368 e. The summed E-state index contributed by atoms with van der Waals surface area (Å²) in [6.07, 6.45) is -0.143. The van der Waals surface area contributed by atoms with Crippen molar-refractivity contribution in [1.29, 1.82) is 0 Å². The van der Waals surface area contributed by atoms with Crippen molar-refractivity contribution in [2.24, 2.45) is 0 Å². The van der Waals surface area contributed by atoms with Crippen molar-refractivity contribution >= 4 is 0 Å². The monoisotopic (exact) mass is 280 g/mol. The van der Waals surface area contributed by atoms with Crippen LogP contribution < -0.4 is 10.9 Å². The minimum atomic E-state index is -0.143. The Balaban J connectivity index is 2.12.